The molecule has 0 aliphatic carbocycles. The highest BCUT2D eigenvalue weighted by atomic mass is 32.2. The van der Waals surface area contributed by atoms with Crippen molar-refractivity contribution < 1.29 is 22.3 Å². The molecule has 3 N–H and O–H groups in total. The zero-order chi connectivity index (χ0) is 15.5. The van der Waals surface area contributed by atoms with Gasteiger partial charge >= 0.3 is 0 Å². The molecule has 6 nitrogen and oxygen atoms in total. The number of anilines is 1. The van der Waals surface area contributed by atoms with Gasteiger partial charge in [-0.2, -0.15) is 0 Å². The molecule has 0 atom stereocenters. The molecule has 1 saturated heterocycles. The van der Waals surface area contributed by atoms with Crippen molar-refractivity contribution >= 4 is 15.7 Å². The van der Waals surface area contributed by atoms with Gasteiger partial charge in [0.1, 0.15) is 0 Å². The third kappa shape index (κ3) is 3.84. The molecule has 8 heteroatoms. The number of sulfonamides is 1. The molecule has 1 heterocycles. The lowest BCUT2D eigenvalue weighted by Crippen LogP contribution is -2.32. The standard InChI is InChI=1S/C13H19FN2O4S/c1-19-13-11(14)6-10(7-12(13)15)21(17,18)16-8-9-2-4-20-5-3-9/h6-7,9,16H,2-5,8,15H2,1H3. The van der Waals surface area contributed by atoms with Crippen LogP contribution in [0, 0.1) is 11.7 Å². The minimum absolute atomic E-state index is 0.0519. The van der Waals surface area contributed by atoms with E-state index < -0.39 is 15.8 Å². The molecular weight excluding hydrogens is 299 g/mol. The van der Waals surface area contributed by atoms with E-state index in [1.54, 1.807) is 0 Å². The van der Waals surface area contributed by atoms with Crippen LogP contribution in [-0.2, 0) is 14.8 Å². The Morgan fingerprint density at radius 1 is 1.43 bits per heavy atom. The van der Waals surface area contributed by atoms with E-state index in [4.69, 9.17) is 15.2 Å². The third-order valence-corrected chi connectivity index (χ3v) is 4.87. The van der Waals surface area contributed by atoms with Crippen LogP contribution < -0.4 is 15.2 Å². The molecule has 2 rings (SSSR count). The fourth-order valence-corrected chi connectivity index (χ4v) is 3.38. The van der Waals surface area contributed by atoms with Crippen molar-refractivity contribution in [2.75, 3.05) is 32.6 Å². The zero-order valence-electron chi connectivity index (χ0n) is 11.8. The highest BCUT2D eigenvalue weighted by Crippen LogP contribution is 2.28. The van der Waals surface area contributed by atoms with Crippen molar-refractivity contribution in [3.05, 3.63) is 17.9 Å². The molecule has 0 saturated carbocycles. The Morgan fingerprint density at radius 3 is 2.67 bits per heavy atom. The minimum Gasteiger partial charge on any atom is -0.492 e. The van der Waals surface area contributed by atoms with E-state index in [0.29, 0.717) is 19.8 Å². The van der Waals surface area contributed by atoms with Gasteiger partial charge in [0, 0.05) is 19.8 Å². The summed E-state index contributed by atoms with van der Waals surface area (Å²) >= 11 is 0. The van der Waals surface area contributed by atoms with Gasteiger partial charge in [0.05, 0.1) is 17.7 Å². The lowest BCUT2D eigenvalue weighted by atomic mass is 10.0. The second-order valence-electron chi connectivity index (χ2n) is 4.94. The normalized spacial score (nSPS) is 16.9. The Kier molecular flexibility index (Phi) is 5.02. The van der Waals surface area contributed by atoms with Gasteiger partial charge in [0.25, 0.3) is 0 Å². The highest BCUT2D eigenvalue weighted by molar-refractivity contribution is 7.89. The van der Waals surface area contributed by atoms with Crippen LogP contribution in [0.4, 0.5) is 10.1 Å². The Balaban J connectivity index is 2.12. The number of benzene rings is 1. The van der Waals surface area contributed by atoms with E-state index in [0.717, 1.165) is 18.9 Å². The van der Waals surface area contributed by atoms with Crippen LogP contribution in [0.3, 0.4) is 0 Å². The zero-order valence-corrected chi connectivity index (χ0v) is 12.6. The van der Waals surface area contributed by atoms with E-state index in [-0.39, 0.29) is 22.3 Å². The van der Waals surface area contributed by atoms with Crippen LogP contribution >= 0.6 is 0 Å². The number of hydrogen-bond acceptors (Lipinski definition) is 5. The predicted molar refractivity (Wildman–Crippen MR) is 76.1 cm³/mol. The van der Waals surface area contributed by atoms with E-state index in [1.807, 2.05) is 0 Å². The SMILES string of the molecule is COc1c(N)cc(S(=O)(=O)NCC2CCOCC2)cc1F. The van der Waals surface area contributed by atoms with Crippen molar-refractivity contribution in [1.29, 1.82) is 0 Å². The molecule has 1 aliphatic heterocycles. The van der Waals surface area contributed by atoms with Crippen molar-refractivity contribution in [2.24, 2.45) is 5.92 Å². The molecule has 0 unspecified atom stereocenters. The second-order valence-corrected chi connectivity index (χ2v) is 6.70. The number of rotatable bonds is 5. The highest BCUT2D eigenvalue weighted by Gasteiger charge is 2.21. The number of hydrogen-bond donors (Lipinski definition) is 2. The minimum atomic E-state index is -3.80. The molecule has 118 valence electrons. The number of nitrogen functional groups attached to an aromatic ring is 1. The Bertz CT molecular complexity index is 577. The Hall–Kier alpha value is -1.38. The van der Waals surface area contributed by atoms with E-state index in [2.05, 4.69) is 4.72 Å². The number of halogens is 1. The maximum Gasteiger partial charge on any atom is 0.240 e. The quantitative estimate of drug-likeness (QED) is 0.794. The van der Waals surface area contributed by atoms with E-state index in [9.17, 15) is 12.8 Å². The maximum absolute atomic E-state index is 13.7. The number of nitrogens with two attached hydrogens (primary N) is 1. The first-order valence-electron chi connectivity index (χ1n) is 6.64. The van der Waals surface area contributed by atoms with Gasteiger partial charge in [0.2, 0.25) is 10.0 Å². The lowest BCUT2D eigenvalue weighted by Gasteiger charge is -2.22. The fourth-order valence-electron chi connectivity index (χ4n) is 2.22. The topological polar surface area (TPSA) is 90.7 Å². The molecule has 21 heavy (non-hydrogen) atoms. The predicted octanol–water partition coefficient (Wildman–Crippen LogP) is 1.12. The van der Waals surface area contributed by atoms with E-state index >= 15 is 0 Å². The first-order valence-corrected chi connectivity index (χ1v) is 8.13. The number of ether oxygens (including phenoxy) is 2. The van der Waals surface area contributed by atoms with Crippen LogP contribution in [0.1, 0.15) is 12.8 Å². The summed E-state index contributed by atoms with van der Waals surface area (Å²) in [6, 6.07) is 2.09. The molecule has 0 aromatic heterocycles. The van der Waals surface area contributed by atoms with Gasteiger partial charge in [-0.05, 0) is 30.9 Å². The largest absolute Gasteiger partial charge is 0.492 e. The first kappa shape index (κ1) is 16.0. The van der Waals surface area contributed by atoms with Gasteiger partial charge in [-0.15, -0.1) is 0 Å². The molecule has 0 spiro atoms. The molecule has 1 aromatic rings. The van der Waals surface area contributed by atoms with Crippen LogP contribution in [0.25, 0.3) is 0 Å². The monoisotopic (exact) mass is 318 g/mol. The number of nitrogens with one attached hydrogen (secondary N) is 1. The average molecular weight is 318 g/mol. The van der Waals surface area contributed by atoms with Gasteiger partial charge in [-0.25, -0.2) is 17.5 Å². The smallest absolute Gasteiger partial charge is 0.240 e. The summed E-state index contributed by atoms with van der Waals surface area (Å²) in [7, 11) is -2.53. The number of methoxy groups -OCH3 is 1. The molecule has 0 bridgehead atoms. The third-order valence-electron chi connectivity index (χ3n) is 3.46. The summed E-state index contributed by atoms with van der Waals surface area (Å²) in [6.07, 6.45) is 1.61. The molecule has 0 amide bonds. The molecular formula is C13H19FN2O4S. The van der Waals surface area contributed by atoms with Crippen molar-refractivity contribution in [1.82, 2.24) is 4.72 Å². The van der Waals surface area contributed by atoms with Crippen molar-refractivity contribution in [3.8, 4) is 5.75 Å². The van der Waals surface area contributed by atoms with Gasteiger partial charge < -0.3 is 15.2 Å². The van der Waals surface area contributed by atoms with Crippen LogP contribution in [0.2, 0.25) is 0 Å². The first-order chi connectivity index (χ1) is 9.94. The van der Waals surface area contributed by atoms with Crippen LogP contribution in [-0.4, -0.2) is 35.3 Å². The molecule has 1 aromatic carbocycles. The van der Waals surface area contributed by atoms with Crippen LogP contribution in [0.15, 0.2) is 17.0 Å². The van der Waals surface area contributed by atoms with Crippen molar-refractivity contribution in [2.45, 2.75) is 17.7 Å². The van der Waals surface area contributed by atoms with E-state index in [1.165, 1.54) is 13.2 Å². The summed E-state index contributed by atoms with van der Waals surface area (Å²) in [4.78, 5) is -0.203. The second kappa shape index (κ2) is 6.59. The van der Waals surface area contributed by atoms with Gasteiger partial charge in [0.15, 0.2) is 11.6 Å². The Morgan fingerprint density at radius 2 is 2.10 bits per heavy atom. The molecule has 1 aliphatic rings. The maximum atomic E-state index is 13.7. The summed E-state index contributed by atoms with van der Waals surface area (Å²) in [5.74, 6) is -0.726. The summed E-state index contributed by atoms with van der Waals surface area (Å²) in [5, 5.41) is 0. The summed E-state index contributed by atoms with van der Waals surface area (Å²) in [5.41, 5.74) is 5.54. The van der Waals surface area contributed by atoms with Crippen molar-refractivity contribution in [3.63, 3.8) is 0 Å². The van der Waals surface area contributed by atoms with Gasteiger partial charge in [-0.1, -0.05) is 0 Å². The Labute approximate surface area is 123 Å². The molecule has 1 fully saturated rings. The summed E-state index contributed by atoms with van der Waals surface area (Å²) < 4.78 is 50.5. The fraction of sp³-hybridized carbons (Fsp3) is 0.538. The lowest BCUT2D eigenvalue weighted by molar-refractivity contribution is 0.0678. The average Bonchev–Trinajstić information content (AvgIpc) is 2.46. The van der Waals surface area contributed by atoms with Crippen LogP contribution in [0.5, 0.6) is 5.75 Å². The van der Waals surface area contributed by atoms with Gasteiger partial charge in [-0.3, -0.25) is 0 Å². The summed E-state index contributed by atoms with van der Waals surface area (Å²) in [6.45, 7) is 1.58. The molecule has 0 radical (unpaired) electrons.